The quantitative estimate of drug-likeness (QED) is 0.857. The van der Waals surface area contributed by atoms with Gasteiger partial charge in [-0.25, -0.2) is 0 Å². The van der Waals surface area contributed by atoms with Crippen LogP contribution in [0.25, 0.3) is 0 Å². The Bertz CT molecular complexity index is 572. The summed E-state index contributed by atoms with van der Waals surface area (Å²) in [6, 6.07) is 6.35. The van der Waals surface area contributed by atoms with Crippen LogP contribution in [0.4, 0.5) is 0 Å². The van der Waals surface area contributed by atoms with Gasteiger partial charge in [-0.05, 0) is 88.5 Å². The molecule has 1 atom stereocenters. The van der Waals surface area contributed by atoms with Crippen LogP contribution in [-0.4, -0.2) is 47.9 Å². The van der Waals surface area contributed by atoms with Crippen molar-refractivity contribution < 1.29 is 4.79 Å². The van der Waals surface area contributed by atoms with Crippen molar-refractivity contribution in [2.75, 3.05) is 26.2 Å². The highest BCUT2D eigenvalue weighted by Crippen LogP contribution is 2.44. The third-order valence-corrected chi connectivity index (χ3v) is 6.94. The predicted molar refractivity (Wildman–Crippen MR) is 99.7 cm³/mol. The van der Waals surface area contributed by atoms with Gasteiger partial charge >= 0.3 is 0 Å². The van der Waals surface area contributed by atoms with Crippen LogP contribution in [-0.2, 0) is 0 Å². The molecule has 1 aromatic rings. The number of aromatic nitrogens is 1. The molecule has 4 nitrogen and oxygen atoms in total. The predicted octanol–water partition coefficient (Wildman–Crippen LogP) is 3.29. The van der Waals surface area contributed by atoms with Crippen molar-refractivity contribution in [1.29, 1.82) is 0 Å². The van der Waals surface area contributed by atoms with Crippen LogP contribution >= 0.6 is 0 Å². The zero-order valence-corrected chi connectivity index (χ0v) is 15.3. The zero-order valence-electron chi connectivity index (χ0n) is 15.3. The van der Waals surface area contributed by atoms with E-state index < -0.39 is 0 Å². The van der Waals surface area contributed by atoms with Crippen LogP contribution in [0.3, 0.4) is 0 Å². The van der Waals surface area contributed by atoms with E-state index in [-0.39, 0.29) is 11.7 Å². The number of hydrogen-bond donors (Lipinski definition) is 1. The maximum atomic E-state index is 12.8. The molecule has 25 heavy (non-hydrogen) atoms. The number of nitrogens with one attached hydrogen (secondary N) is 1. The van der Waals surface area contributed by atoms with Gasteiger partial charge in [0.05, 0.1) is 0 Å². The lowest BCUT2D eigenvalue weighted by atomic mass is 9.67. The summed E-state index contributed by atoms with van der Waals surface area (Å²) in [5, 5.41) is 3.51. The zero-order chi connectivity index (χ0) is 17.1. The number of Topliss-reactive ketones (excluding diaryl/α,β-unsaturated/α-hetero) is 1. The van der Waals surface area contributed by atoms with Crippen molar-refractivity contribution >= 4 is 5.78 Å². The largest absolute Gasteiger partial charge is 0.317 e. The van der Waals surface area contributed by atoms with E-state index in [4.69, 9.17) is 0 Å². The average molecular weight is 341 g/mol. The standard InChI is InChI=1S/C21H31N3O/c25-20(19-5-1-2-12-23-19)17-4-3-15-24(16-17)18-6-8-21(9-7-18)10-13-22-14-11-21/h1-2,5,12,17-18,22H,3-4,6-11,13-16H2. The van der Waals surface area contributed by atoms with Gasteiger partial charge in [0.25, 0.3) is 0 Å². The molecule has 2 saturated heterocycles. The molecule has 4 rings (SSSR count). The van der Waals surface area contributed by atoms with Crippen molar-refractivity contribution in [3.63, 3.8) is 0 Å². The molecule has 3 fully saturated rings. The number of nitrogens with zero attached hydrogens (tertiary/aromatic N) is 2. The fourth-order valence-corrected chi connectivity index (χ4v) is 5.31. The number of rotatable bonds is 3. The van der Waals surface area contributed by atoms with Crippen LogP contribution in [0.1, 0.15) is 61.9 Å². The fraction of sp³-hybridized carbons (Fsp3) is 0.714. The molecular formula is C21H31N3O. The van der Waals surface area contributed by atoms with Gasteiger partial charge in [0, 0.05) is 24.7 Å². The number of carbonyl (C=O) groups excluding carboxylic acids is 1. The molecule has 1 N–H and O–H groups in total. The number of carbonyl (C=O) groups is 1. The highest BCUT2D eigenvalue weighted by molar-refractivity contribution is 5.96. The molecule has 1 aromatic heterocycles. The van der Waals surface area contributed by atoms with Gasteiger partial charge in [0.2, 0.25) is 0 Å². The first-order chi connectivity index (χ1) is 12.3. The molecular weight excluding hydrogens is 310 g/mol. The second-order valence-electron chi connectivity index (χ2n) is 8.39. The van der Waals surface area contributed by atoms with Crippen molar-refractivity contribution in [3.8, 4) is 0 Å². The summed E-state index contributed by atoms with van der Waals surface area (Å²) >= 11 is 0. The Labute approximate surface area is 151 Å². The van der Waals surface area contributed by atoms with Gasteiger partial charge in [-0.15, -0.1) is 0 Å². The fourth-order valence-electron chi connectivity index (χ4n) is 5.31. The lowest BCUT2D eigenvalue weighted by molar-refractivity contribution is 0.0407. The van der Waals surface area contributed by atoms with Crippen LogP contribution in [0, 0.1) is 11.3 Å². The summed E-state index contributed by atoms with van der Waals surface area (Å²) in [4.78, 5) is 19.7. The normalized spacial score (nSPS) is 28.1. The molecule has 1 unspecified atom stereocenters. The van der Waals surface area contributed by atoms with Gasteiger partial charge in [0.15, 0.2) is 5.78 Å². The Morgan fingerprint density at radius 3 is 2.64 bits per heavy atom. The van der Waals surface area contributed by atoms with Crippen LogP contribution in [0.15, 0.2) is 24.4 Å². The van der Waals surface area contributed by atoms with Crippen LogP contribution in [0.5, 0.6) is 0 Å². The first kappa shape index (κ1) is 17.2. The maximum Gasteiger partial charge on any atom is 0.185 e. The van der Waals surface area contributed by atoms with Crippen LogP contribution in [0.2, 0.25) is 0 Å². The third kappa shape index (κ3) is 3.80. The van der Waals surface area contributed by atoms with E-state index in [1.54, 1.807) is 6.20 Å². The van der Waals surface area contributed by atoms with E-state index in [0.717, 1.165) is 19.4 Å². The Morgan fingerprint density at radius 1 is 1.12 bits per heavy atom. The van der Waals surface area contributed by atoms with Crippen molar-refractivity contribution in [3.05, 3.63) is 30.1 Å². The van der Waals surface area contributed by atoms with Gasteiger partial charge in [-0.1, -0.05) is 6.07 Å². The first-order valence-corrected chi connectivity index (χ1v) is 10.2. The number of ketones is 1. The molecule has 3 heterocycles. The number of likely N-dealkylation sites (tertiary alicyclic amines) is 1. The minimum atomic E-state index is 0.137. The summed E-state index contributed by atoms with van der Waals surface area (Å²) in [5.41, 5.74) is 1.27. The Morgan fingerprint density at radius 2 is 1.92 bits per heavy atom. The summed E-state index contributed by atoms with van der Waals surface area (Å²) in [5.74, 6) is 0.384. The van der Waals surface area contributed by atoms with Crippen molar-refractivity contribution in [1.82, 2.24) is 15.2 Å². The topological polar surface area (TPSA) is 45.2 Å². The molecule has 0 bridgehead atoms. The van der Waals surface area contributed by atoms with E-state index in [1.165, 1.54) is 58.2 Å². The smallest absolute Gasteiger partial charge is 0.185 e. The highest BCUT2D eigenvalue weighted by atomic mass is 16.1. The molecule has 1 saturated carbocycles. The number of pyridine rings is 1. The molecule has 1 aliphatic carbocycles. The van der Waals surface area contributed by atoms with Crippen molar-refractivity contribution in [2.24, 2.45) is 11.3 Å². The number of hydrogen-bond acceptors (Lipinski definition) is 4. The van der Waals surface area contributed by atoms with Crippen LogP contribution < -0.4 is 5.32 Å². The third-order valence-electron chi connectivity index (χ3n) is 6.94. The number of piperidine rings is 2. The summed E-state index contributed by atoms with van der Waals surface area (Å²) < 4.78 is 0. The summed E-state index contributed by atoms with van der Waals surface area (Å²) in [7, 11) is 0. The SMILES string of the molecule is O=C(c1ccccn1)C1CCCN(C2CCC3(CCNCC3)CC2)C1. The minimum absolute atomic E-state index is 0.137. The Balaban J connectivity index is 1.35. The van der Waals surface area contributed by atoms with E-state index >= 15 is 0 Å². The second-order valence-corrected chi connectivity index (χ2v) is 8.39. The van der Waals surface area contributed by atoms with Gasteiger partial charge in [-0.3, -0.25) is 14.7 Å². The van der Waals surface area contributed by atoms with Gasteiger partial charge in [0.1, 0.15) is 5.69 Å². The average Bonchev–Trinajstić information content (AvgIpc) is 2.69. The minimum Gasteiger partial charge on any atom is -0.317 e. The van der Waals surface area contributed by atoms with Gasteiger partial charge in [-0.2, -0.15) is 0 Å². The molecule has 2 aliphatic heterocycles. The molecule has 136 valence electrons. The molecule has 3 aliphatic rings. The Kier molecular flexibility index (Phi) is 5.18. The molecule has 0 aromatic carbocycles. The summed E-state index contributed by atoms with van der Waals surface area (Å²) in [6.07, 6.45) is 12.0. The lowest BCUT2D eigenvalue weighted by Gasteiger charge is -2.47. The first-order valence-electron chi connectivity index (χ1n) is 10.2. The maximum absolute atomic E-state index is 12.8. The molecule has 4 heteroatoms. The van der Waals surface area contributed by atoms with E-state index in [0.29, 0.717) is 17.2 Å². The molecule has 0 amide bonds. The van der Waals surface area contributed by atoms with Gasteiger partial charge < -0.3 is 5.32 Å². The van der Waals surface area contributed by atoms with E-state index in [9.17, 15) is 4.79 Å². The second kappa shape index (κ2) is 7.55. The van der Waals surface area contributed by atoms with Crippen molar-refractivity contribution in [2.45, 2.75) is 57.4 Å². The lowest BCUT2D eigenvalue weighted by Crippen LogP contribution is -2.48. The monoisotopic (exact) mass is 341 g/mol. The molecule has 1 spiro atoms. The van der Waals surface area contributed by atoms with E-state index in [2.05, 4.69) is 15.2 Å². The Hall–Kier alpha value is -1.26. The molecule has 0 radical (unpaired) electrons. The highest BCUT2D eigenvalue weighted by Gasteiger charge is 2.39. The van der Waals surface area contributed by atoms with E-state index in [1.807, 2.05) is 18.2 Å². The summed E-state index contributed by atoms with van der Waals surface area (Å²) in [6.45, 7) is 4.52.